The molecule has 0 saturated carbocycles. The second-order valence-electron chi connectivity index (χ2n) is 6.58. The predicted octanol–water partition coefficient (Wildman–Crippen LogP) is 3.86. The van der Waals surface area contributed by atoms with Gasteiger partial charge in [0.1, 0.15) is 23.3 Å². The number of hydrogen-bond donors (Lipinski definition) is 1. The molecule has 1 fully saturated rings. The number of likely N-dealkylation sites (N-methyl/N-ethyl adjacent to an activating group) is 1. The van der Waals surface area contributed by atoms with Crippen molar-refractivity contribution in [1.82, 2.24) is 15.2 Å². The van der Waals surface area contributed by atoms with Crippen LogP contribution in [0.4, 0.5) is 5.69 Å². The smallest absolute Gasteiger partial charge is 0.273 e. The Morgan fingerprint density at radius 3 is 2.79 bits per heavy atom. The number of nitrogens with zero attached hydrogens (tertiary/aromatic N) is 3. The Bertz CT molecular complexity index is 1070. The lowest BCUT2D eigenvalue weighted by Gasteiger charge is -2.21. The Kier molecular flexibility index (Phi) is 4.89. The maximum Gasteiger partial charge on any atom is 0.273 e. The fourth-order valence-electron chi connectivity index (χ4n) is 3.47. The van der Waals surface area contributed by atoms with E-state index < -0.39 is 4.92 Å². The number of benzene rings is 1. The van der Waals surface area contributed by atoms with E-state index in [1.165, 1.54) is 19.2 Å². The van der Waals surface area contributed by atoms with Crippen molar-refractivity contribution in [3.63, 3.8) is 0 Å². The molecular formula is C20H18N4O4S. The topological polar surface area (TPSA) is 93.7 Å². The zero-order valence-corrected chi connectivity index (χ0v) is 16.6. The summed E-state index contributed by atoms with van der Waals surface area (Å²) in [6.45, 7) is 0. The lowest BCUT2D eigenvalue weighted by atomic mass is 10.0. The summed E-state index contributed by atoms with van der Waals surface area (Å²) in [5.41, 5.74) is 1.45. The minimum atomic E-state index is -0.461. The van der Waals surface area contributed by atoms with Gasteiger partial charge in [-0.05, 0) is 42.5 Å². The molecule has 0 bridgehead atoms. The van der Waals surface area contributed by atoms with Crippen molar-refractivity contribution in [2.45, 2.75) is 12.1 Å². The van der Waals surface area contributed by atoms with Crippen LogP contribution >= 0.6 is 12.2 Å². The molecule has 1 aliphatic heterocycles. The largest absolute Gasteiger partial charge is 0.496 e. The highest BCUT2D eigenvalue weighted by molar-refractivity contribution is 7.80. The standard InChI is InChI=1S/C20H18N4O4S/c1-23-19(18(22-20(23)29)14-5-3-4-10-21-14)16-9-8-15(28-16)13-7-6-12(24(25)26)11-17(13)27-2/h3-11,18-19H,1-2H3,(H,22,29)/t18-,19-/m1/s1. The van der Waals surface area contributed by atoms with Crippen LogP contribution in [0.25, 0.3) is 11.3 Å². The molecule has 8 nitrogen and oxygen atoms in total. The maximum atomic E-state index is 11.0. The monoisotopic (exact) mass is 410 g/mol. The summed E-state index contributed by atoms with van der Waals surface area (Å²) in [5, 5.41) is 14.9. The molecule has 0 spiro atoms. The number of pyridine rings is 1. The van der Waals surface area contributed by atoms with Crippen molar-refractivity contribution in [3.05, 3.63) is 76.3 Å². The number of methoxy groups -OCH3 is 1. The molecule has 4 rings (SSSR count). The van der Waals surface area contributed by atoms with Gasteiger partial charge in [-0.15, -0.1) is 0 Å². The number of rotatable bonds is 5. The average Bonchev–Trinajstić information content (AvgIpc) is 3.33. The molecule has 9 heteroatoms. The van der Waals surface area contributed by atoms with E-state index in [0.717, 1.165) is 5.69 Å². The van der Waals surface area contributed by atoms with Crippen LogP contribution in [0.2, 0.25) is 0 Å². The molecule has 2 atom stereocenters. The van der Waals surface area contributed by atoms with Crippen LogP contribution in [0.15, 0.2) is 59.1 Å². The van der Waals surface area contributed by atoms with E-state index >= 15 is 0 Å². The van der Waals surface area contributed by atoms with E-state index in [4.69, 9.17) is 21.4 Å². The Balaban J connectivity index is 1.71. The second-order valence-corrected chi connectivity index (χ2v) is 6.97. The molecule has 0 unspecified atom stereocenters. The summed E-state index contributed by atoms with van der Waals surface area (Å²) in [5.74, 6) is 1.62. The molecule has 2 aromatic heterocycles. The minimum Gasteiger partial charge on any atom is -0.496 e. The first-order valence-electron chi connectivity index (χ1n) is 8.86. The molecule has 1 saturated heterocycles. The summed E-state index contributed by atoms with van der Waals surface area (Å²) < 4.78 is 11.5. The predicted molar refractivity (Wildman–Crippen MR) is 111 cm³/mol. The van der Waals surface area contributed by atoms with Crippen LogP contribution < -0.4 is 10.1 Å². The van der Waals surface area contributed by atoms with Crippen molar-refractivity contribution in [1.29, 1.82) is 0 Å². The lowest BCUT2D eigenvalue weighted by Crippen LogP contribution is -2.24. The summed E-state index contributed by atoms with van der Waals surface area (Å²) in [7, 11) is 3.37. The number of nitrogens with one attached hydrogen (secondary N) is 1. The number of hydrogen-bond acceptors (Lipinski definition) is 6. The number of nitro benzene ring substituents is 1. The number of nitro groups is 1. The van der Waals surface area contributed by atoms with E-state index in [0.29, 0.717) is 27.9 Å². The normalized spacial score (nSPS) is 18.6. The summed E-state index contributed by atoms with van der Waals surface area (Å²) in [6.07, 6.45) is 1.74. The highest BCUT2D eigenvalue weighted by Gasteiger charge is 2.39. The van der Waals surface area contributed by atoms with E-state index in [1.54, 1.807) is 12.3 Å². The first kappa shape index (κ1) is 18.9. The van der Waals surface area contributed by atoms with Crippen LogP contribution in [0.5, 0.6) is 5.75 Å². The Labute approximate surface area is 172 Å². The van der Waals surface area contributed by atoms with E-state index in [2.05, 4.69) is 10.3 Å². The molecule has 1 N–H and O–H groups in total. The zero-order valence-electron chi connectivity index (χ0n) is 15.7. The highest BCUT2D eigenvalue weighted by atomic mass is 32.1. The number of ether oxygens (including phenoxy) is 1. The van der Waals surface area contributed by atoms with Gasteiger partial charge in [-0.2, -0.15) is 0 Å². The molecule has 0 aliphatic carbocycles. The first-order chi connectivity index (χ1) is 14.0. The third kappa shape index (κ3) is 3.40. The second kappa shape index (κ2) is 7.51. The lowest BCUT2D eigenvalue weighted by molar-refractivity contribution is -0.384. The molecule has 0 amide bonds. The van der Waals surface area contributed by atoms with Crippen LogP contribution in [-0.4, -0.2) is 34.1 Å². The zero-order chi connectivity index (χ0) is 20.5. The fraction of sp³-hybridized carbons (Fsp3) is 0.200. The van der Waals surface area contributed by atoms with Gasteiger partial charge >= 0.3 is 0 Å². The van der Waals surface area contributed by atoms with Crippen molar-refractivity contribution < 1.29 is 14.1 Å². The number of non-ortho nitro benzene ring substituents is 1. The molecule has 0 radical (unpaired) electrons. The van der Waals surface area contributed by atoms with Gasteiger partial charge in [0.05, 0.1) is 35.4 Å². The minimum absolute atomic E-state index is 0.0438. The fourth-order valence-corrected chi connectivity index (χ4v) is 3.71. The molecule has 1 aromatic carbocycles. The van der Waals surface area contributed by atoms with Crippen molar-refractivity contribution in [3.8, 4) is 17.1 Å². The van der Waals surface area contributed by atoms with Crippen LogP contribution in [0.3, 0.4) is 0 Å². The Morgan fingerprint density at radius 1 is 1.28 bits per heavy atom. The van der Waals surface area contributed by atoms with Crippen molar-refractivity contribution in [2.24, 2.45) is 0 Å². The number of aromatic nitrogens is 1. The summed E-state index contributed by atoms with van der Waals surface area (Å²) in [4.78, 5) is 17.0. The van der Waals surface area contributed by atoms with Gasteiger partial charge in [-0.3, -0.25) is 15.1 Å². The van der Waals surface area contributed by atoms with Gasteiger partial charge in [0, 0.05) is 19.3 Å². The Morgan fingerprint density at radius 2 is 2.10 bits per heavy atom. The van der Waals surface area contributed by atoms with Crippen molar-refractivity contribution in [2.75, 3.05) is 14.2 Å². The highest BCUT2D eigenvalue weighted by Crippen LogP contribution is 2.41. The summed E-state index contributed by atoms with van der Waals surface area (Å²) >= 11 is 5.44. The third-order valence-electron chi connectivity index (χ3n) is 4.92. The average molecular weight is 410 g/mol. The Hall–Kier alpha value is -3.46. The number of thiocarbonyl (C=S) groups is 1. The van der Waals surface area contributed by atoms with E-state index in [9.17, 15) is 10.1 Å². The summed E-state index contributed by atoms with van der Waals surface area (Å²) in [6, 6.07) is 13.5. The van der Waals surface area contributed by atoms with E-state index in [1.807, 2.05) is 42.3 Å². The first-order valence-corrected chi connectivity index (χ1v) is 9.27. The van der Waals surface area contributed by atoms with Crippen molar-refractivity contribution >= 4 is 23.0 Å². The molecular weight excluding hydrogens is 392 g/mol. The maximum absolute atomic E-state index is 11.0. The molecule has 3 aromatic rings. The van der Waals surface area contributed by atoms with Crippen LogP contribution in [-0.2, 0) is 0 Å². The van der Waals surface area contributed by atoms with Gasteiger partial charge in [-0.25, -0.2) is 0 Å². The molecule has 29 heavy (non-hydrogen) atoms. The number of furan rings is 1. The van der Waals surface area contributed by atoms with Crippen LogP contribution in [0, 0.1) is 10.1 Å². The molecule has 148 valence electrons. The third-order valence-corrected chi connectivity index (χ3v) is 5.32. The van der Waals surface area contributed by atoms with Gasteiger partial charge in [-0.1, -0.05) is 6.07 Å². The van der Waals surface area contributed by atoms with Crippen LogP contribution in [0.1, 0.15) is 23.5 Å². The van der Waals surface area contributed by atoms with Gasteiger partial charge in [0.25, 0.3) is 5.69 Å². The molecule has 1 aliphatic rings. The SMILES string of the molecule is COc1cc([N+](=O)[O-])ccc1-c1ccc([C@@H]2[C@@H](c3ccccn3)NC(=S)N2C)o1. The van der Waals surface area contributed by atoms with Gasteiger partial charge in [0.2, 0.25) is 0 Å². The van der Waals surface area contributed by atoms with Gasteiger partial charge in [0.15, 0.2) is 5.11 Å². The molecule has 3 heterocycles. The van der Waals surface area contributed by atoms with E-state index in [-0.39, 0.29) is 17.8 Å². The van der Waals surface area contributed by atoms with Gasteiger partial charge < -0.3 is 19.4 Å². The quantitative estimate of drug-likeness (QED) is 0.385.